The molecule has 3 aliphatic rings. The quantitative estimate of drug-likeness (QED) is 0.851. The molecule has 0 spiro atoms. The molecule has 3 heteroatoms. The fourth-order valence-electron chi connectivity index (χ4n) is 5.92. The average molecular weight is 304 g/mol. The number of carbonyl (C=O) groups is 2. The van der Waals surface area contributed by atoms with Crippen molar-refractivity contribution in [2.45, 2.75) is 59.3 Å². The lowest BCUT2D eigenvalue weighted by Gasteiger charge is -2.59. The van der Waals surface area contributed by atoms with Crippen molar-refractivity contribution >= 4 is 11.6 Å². The maximum atomic E-state index is 12.8. The third-order valence-corrected chi connectivity index (χ3v) is 6.81. The van der Waals surface area contributed by atoms with Gasteiger partial charge in [0.25, 0.3) is 0 Å². The topological polar surface area (TPSA) is 54.4 Å². The maximum Gasteiger partial charge on any atom is 0.162 e. The number of carbonyl (C=O) groups excluding carboxylic acids is 2. The molecular formula is C19H28O3. The van der Waals surface area contributed by atoms with Crippen LogP contribution in [0.5, 0.6) is 0 Å². The molecule has 1 N–H and O–H groups in total. The fourth-order valence-corrected chi connectivity index (χ4v) is 5.92. The summed E-state index contributed by atoms with van der Waals surface area (Å²) in [6, 6.07) is 0. The Kier molecular flexibility index (Phi) is 3.83. The van der Waals surface area contributed by atoms with Crippen molar-refractivity contribution in [1.82, 2.24) is 0 Å². The van der Waals surface area contributed by atoms with Gasteiger partial charge in [0.1, 0.15) is 0 Å². The molecule has 0 heterocycles. The van der Waals surface area contributed by atoms with E-state index in [1.807, 2.05) is 0 Å². The average Bonchev–Trinajstić information content (AvgIpc) is 2.42. The largest absolute Gasteiger partial charge is 0.396 e. The van der Waals surface area contributed by atoms with Crippen molar-refractivity contribution in [2.24, 2.45) is 28.6 Å². The van der Waals surface area contributed by atoms with Crippen LogP contribution in [0.15, 0.2) is 11.6 Å². The first-order valence-corrected chi connectivity index (χ1v) is 8.71. The zero-order chi connectivity index (χ0) is 16.1. The number of Topliss-reactive ketones (excluding diaryl/α,β-unsaturated/α-hetero) is 1. The van der Waals surface area contributed by atoms with Gasteiger partial charge in [-0.3, -0.25) is 9.59 Å². The van der Waals surface area contributed by atoms with Crippen molar-refractivity contribution < 1.29 is 14.7 Å². The van der Waals surface area contributed by atoms with E-state index in [1.165, 1.54) is 6.42 Å². The molecule has 0 amide bonds. The van der Waals surface area contributed by atoms with Crippen LogP contribution in [0.2, 0.25) is 0 Å². The van der Waals surface area contributed by atoms with Crippen molar-refractivity contribution in [1.29, 1.82) is 0 Å². The zero-order valence-corrected chi connectivity index (χ0v) is 14.0. The van der Waals surface area contributed by atoms with Gasteiger partial charge in [-0.25, -0.2) is 0 Å². The highest BCUT2D eigenvalue weighted by atomic mass is 16.3. The molecule has 0 aromatic heterocycles. The first kappa shape index (κ1) is 15.9. The first-order valence-electron chi connectivity index (χ1n) is 8.71. The number of hydrogen-bond donors (Lipinski definition) is 1. The van der Waals surface area contributed by atoms with Crippen molar-refractivity contribution in [3.8, 4) is 0 Å². The second-order valence-electron chi connectivity index (χ2n) is 8.47. The molecule has 4 unspecified atom stereocenters. The third kappa shape index (κ3) is 2.20. The Morgan fingerprint density at radius 3 is 2.59 bits per heavy atom. The summed E-state index contributed by atoms with van der Waals surface area (Å²) in [5.74, 6) is 0.508. The van der Waals surface area contributed by atoms with Gasteiger partial charge in [-0.1, -0.05) is 27.2 Å². The summed E-state index contributed by atoms with van der Waals surface area (Å²) in [7, 11) is 0. The van der Waals surface area contributed by atoms with Gasteiger partial charge in [-0.2, -0.15) is 0 Å². The molecule has 3 nitrogen and oxygen atoms in total. The van der Waals surface area contributed by atoms with Crippen LogP contribution in [-0.4, -0.2) is 23.3 Å². The number of hydrogen-bond acceptors (Lipinski definition) is 3. The summed E-state index contributed by atoms with van der Waals surface area (Å²) in [5.41, 5.74) is 0.764. The summed E-state index contributed by atoms with van der Waals surface area (Å²) in [5, 5.41) is 9.12. The number of ketones is 2. The van der Waals surface area contributed by atoms with Crippen LogP contribution in [0.4, 0.5) is 0 Å². The molecule has 2 fully saturated rings. The highest BCUT2D eigenvalue weighted by Crippen LogP contribution is 2.62. The Morgan fingerprint density at radius 2 is 1.91 bits per heavy atom. The third-order valence-electron chi connectivity index (χ3n) is 6.81. The minimum atomic E-state index is -0.144. The van der Waals surface area contributed by atoms with Crippen LogP contribution < -0.4 is 0 Å². The molecule has 22 heavy (non-hydrogen) atoms. The van der Waals surface area contributed by atoms with E-state index in [9.17, 15) is 9.59 Å². The van der Waals surface area contributed by atoms with Gasteiger partial charge in [0.2, 0.25) is 0 Å². The van der Waals surface area contributed by atoms with Crippen molar-refractivity contribution in [3.63, 3.8) is 0 Å². The Balaban J connectivity index is 2.00. The minimum Gasteiger partial charge on any atom is -0.396 e. The lowest BCUT2D eigenvalue weighted by atomic mass is 9.44. The smallest absolute Gasteiger partial charge is 0.162 e. The number of allylic oxidation sites excluding steroid dienone is 1. The van der Waals surface area contributed by atoms with E-state index in [0.29, 0.717) is 17.9 Å². The molecule has 0 aromatic rings. The van der Waals surface area contributed by atoms with Crippen LogP contribution in [0.25, 0.3) is 0 Å². The van der Waals surface area contributed by atoms with Crippen LogP contribution in [0.3, 0.4) is 0 Å². The van der Waals surface area contributed by atoms with Gasteiger partial charge in [-0.15, -0.1) is 0 Å². The Morgan fingerprint density at radius 1 is 1.18 bits per heavy atom. The van der Waals surface area contributed by atoms with Gasteiger partial charge in [0.15, 0.2) is 11.6 Å². The monoisotopic (exact) mass is 304 g/mol. The van der Waals surface area contributed by atoms with E-state index in [4.69, 9.17) is 5.11 Å². The highest BCUT2D eigenvalue weighted by Gasteiger charge is 2.58. The predicted molar refractivity (Wildman–Crippen MR) is 85.2 cm³/mol. The lowest BCUT2D eigenvalue weighted by Crippen LogP contribution is -2.56. The van der Waals surface area contributed by atoms with Gasteiger partial charge >= 0.3 is 0 Å². The van der Waals surface area contributed by atoms with E-state index in [0.717, 1.165) is 25.7 Å². The van der Waals surface area contributed by atoms with E-state index in [1.54, 1.807) is 6.08 Å². The minimum absolute atomic E-state index is 0.0430. The standard InChI is InChI=1S/C19H28O3/c1-18(2)8-4-9-19(3)15(18)6-5-13-16(19)14(21)11-12(7-10-20)17(13)22/h11,13,15-16,20H,4-10H2,1-3H3. The molecular weight excluding hydrogens is 276 g/mol. The molecule has 4 atom stereocenters. The summed E-state index contributed by atoms with van der Waals surface area (Å²) in [6.07, 6.45) is 7.19. The van der Waals surface area contributed by atoms with E-state index in [2.05, 4.69) is 20.8 Å². The number of aliphatic hydroxyl groups excluding tert-OH is 1. The molecule has 0 aromatic carbocycles. The van der Waals surface area contributed by atoms with Gasteiger partial charge < -0.3 is 5.11 Å². The van der Waals surface area contributed by atoms with Gasteiger partial charge in [-0.05, 0) is 54.9 Å². The van der Waals surface area contributed by atoms with E-state index < -0.39 is 0 Å². The predicted octanol–water partition coefficient (Wildman–Crippen LogP) is 3.31. The van der Waals surface area contributed by atoms with Crippen LogP contribution in [0.1, 0.15) is 59.3 Å². The fraction of sp³-hybridized carbons (Fsp3) is 0.789. The first-order chi connectivity index (χ1) is 10.3. The zero-order valence-electron chi connectivity index (χ0n) is 14.0. The number of rotatable bonds is 2. The number of fused-ring (bicyclic) bond motifs is 3. The summed E-state index contributed by atoms with van der Waals surface area (Å²) in [6.45, 7) is 6.86. The molecule has 0 radical (unpaired) electrons. The molecule has 0 bridgehead atoms. The highest BCUT2D eigenvalue weighted by molar-refractivity contribution is 6.11. The maximum absolute atomic E-state index is 12.8. The second-order valence-corrected chi connectivity index (χ2v) is 8.47. The van der Waals surface area contributed by atoms with E-state index >= 15 is 0 Å². The molecule has 2 saturated carbocycles. The molecule has 0 aliphatic heterocycles. The van der Waals surface area contributed by atoms with E-state index in [-0.39, 0.29) is 40.8 Å². The van der Waals surface area contributed by atoms with Crippen molar-refractivity contribution in [2.75, 3.05) is 6.61 Å². The van der Waals surface area contributed by atoms with Crippen LogP contribution in [-0.2, 0) is 9.59 Å². The SMILES string of the molecule is CC1(C)CCCC2(C)C3C(=O)C=C(CCO)C(=O)C3CCC12. The molecule has 122 valence electrons. The number of aliphatic hydroxyl groups is 1. The van der Waals surface area contributed by atoms with Crippen LogP contribution >= 0.6 is 0 Å². The summed E-state index contributed by atoms with van der Waals surface area (Å²) in [4.78, 5) is 25.6. The van der Waals surface area contributed by atoms with Gasteiger partial charge in [0, 0.05) is 24.0 Å². The Hall–Kier alpha value is -0.960. The molecule has 0 saturated heterocycles. The van der Waals surface area contributed by atoms with Crippen molar-refractivity contribution in [3.05, 3.63) is 11.6 Å². The lowest BCUT2D eigenvalue weighted by molar-refractivity contribution is -0.151. The Bertz CT molecular complexity index is 531. The normalized spacial score (nSPS) is 40.7. The molecule has 3 rings (SSSR count). The molecule has 3 aliphatic carbocycles. The van der Waals surface area contributed by atoms with Gasteiger partial charge in [0.05, 0.1) is 0 Å². The summed E-state index contributed by atoms with van der Waals surface area (Å²) >= 11 is 0. The summed E-state index contributed by atoms with van der Waals surface area (Å²) < 4.78 is 0. The second kappa shape index (κ2) is 5.30. The van der Waals surface area contributed by atoms with Crippen LogP contribution in [0, 0.1) is 28.6 Å². The Labute approximate surface area is 133 Å².